The van der Waals surface area contributed by atoms with Crippen LogP contribution in [0, 0.1) is 6.92 Å². The fraction of sp³-hybridized carbons (Fsp3) is 0.269. The summed E-state index contributed by atoms with van der Waals surface area (Å²) in [5.74, 6) is -0.973. The minimum Gasteiger partial charge on any atom is -0.480 e. The van der Waals surface area contributed by atoms with Gasteiger partial charge >= 0.3 is 5.97 Å². The first kappa shape index (κ1) is 21.8. The van der Waals surface area contributed by atoms with Crippen LogP contribution in [0.2, 0.25) is 0 Å². The van der Waals surface area contributed by atoms with Crippen LogP contribution in [0.3, 0.4) is 0 Å². The highest BCUT2D eigenvalue weighted by molar-refractivity contribution is 5.72. The Morgan fingerprint density at radius 2 is 1.27 bits per heavy atom. The van der Waals surface area contributed by atoms with E-state index in [2.05, 4.69) is 55.5 Å². The number of aliphatic carboxylic acids is 1. The molecule has 4 nitrogen and oxygen atoms in total. The zero-order valence-electron chi connectivity index (χ0n) is 17.4. The second-order valence-corrected chi connectivity index (χ2v) is 7.89. The van der Waals surface area contributed by atoms with Gasteiger partial charge in [-0.2, -0.15) is 0 Å². The lowest BCUT2D eigenvalue weighted by molar-refractivity contribution is -0.138. The van der Waals surface area contributed by atoms with Gasteiger partial charge in [0, 0.05) is 6.04 Å². The maximum atomic E-state index is 11.1. The molecule has 2 atom stereocenters. The minimum absolute atomic E-state index is 0.258. The summed E-state index contributed by atoms with van der Waals surface area (Å²) in [5.41, 5.74) is 16.7. The normalized spacial score (nSPS) is 13.6. The minimum atomic E-state index is -0.973. The molecule has 0 saturated heterocycles. The van der Waals surface area contributed by atoms with Crippen LogP contribution in [0.15, 0.2) is 84.9 Å². The van der Waals surface area contributed by atoms with Crippen molar-refractivity contribution < 1.29 is 9.90 Å². The molecule has 0 aromatic heterocycles. The topological polar surface area (TPSA) is 89.3 Å². The van der Waals surface area contributed by atoms with Gasteiger partial charge in [0.15, 0.2) is 0 Å². The van der Waals surface area contributed by atoms with Crippen LogP contribution in [0.4, 0.5) is 0 Å². The third kappa shape index (κ3) is 4.45. The number of benzene rings is 3. The molecule has 0 aliphatic rings. The number of hydrogen-bond donors (Lipinski definition) is 3. The van der Waals surface area contributed by atoms with E-state index in [0.29, 0.717) is 19.3 Å². The molecule has 3 aromatic rings. The Kier molecular flexibility index (Phi) is 7.03. The molecule has 0 heterocycles. The van der Waals surface area contributed by atoms with Gasteiger partial charge in [-0.15, -0.1) is 0 Å². The predicted octanol–water partition coefficient (Wildman–Crippen LogP) is 4.24. The van der Waals surface area contributed by atoms with Crippen molar-refractivity contribution in [2.45, 2.75) is 43.7 Å². The molecule has 0 aliphatic heterocycles. The molecule has 0 aliphatic carbocycles. The molecule has 5 N–H and O–H groups in total. The monoisotopic (exact) mass is 402 g/mol. The van der Waals surface area contributed by atoms with Crippen molar-refractivity contribution in [3.8, 4) is 0 Å². The van der Waals surface area contributed by atoms with Crippen LogP contribution >= 0.6 is 0 Å². The van der Waals surface area contributed by atoms with Gasteiger partial charge in [0.2, 0.25) is 0 Å². The molecular formula is C26H30N2O2. The molecular weight excluding hydrogens is 372 g/mol. The second kappa shape index (κ2) is 9.70. The summed E-state index contributed by atoms with van der Waals surface area (Å²) in [6, 6.07) is 28.0. The molecule has 3 rings (SSSR count). The van der Waals surface area contributed by atoms with Gasteiger partial charge in [0.1, 0.15) is 6.04 Å². The molecule has 0 saturated carbocycles. The SMILES string of the molecule is Cc1ccc(C(c2ccccc2)(c2ccccc2)C(N)CCC[C@H](N)C(=O)O)cc1. The quantitative estimate of drug-likeness (QED) is 0.467. The zero-order valence-corrected chi connectivity index (χ0v) is 17.4. The summed E-state index contributed by atoms with van der Waals surface area (Å²) in [6.45, 7) is 2.07. The Labute approximate surface area is 178 Å². The van der Waals surface area contributed by atoms with Crippen LogP contribution in [0.5, 0.6) is 0 Å². The molecule has 0 spiro atoms. The third-order valence-electron chi connectivity index (χ3n) is 5.87. The Balaban J connectivity index is 2.11. The number of carboxylic acid groups (broad SMARTS) is 1. The third-order valence-corrected chi connectivity index (χ3v) is 5.87. The summed E-state index contributed by atoms with van der Waals surface area (Å²) >= 11 is 0. The highest BCUT2D eigenvalue weighted by Gasteiger charge is 2.41. The number of carbonyl (C=O) groups is 1. The summed E-state index contributed by atoms with van der Waals surface area (Å²) < 4.78 is 0. The summed E-state index contributed by atoms with van der Waals surface area (Å²) in [4.78, 5) is 11.1. The highest BCUT2D eigenvalue weighted by atomic mass is 16.4. The first-order valence-electron chi connectivity index (χ1n) is 10.4. The van der Waals surface area contributed by atoms with Crippen molar-refractivity contribution in [1.29, 1.82) is 0 Å². The van der Waals surface area contributed by atoms with E-state index in [1.807, 2.05) is 36.4 Å². The zero-order chi connectivity index (χ0) is 21.6. The standard InChI is InChI=1S/C26H30N2O2/c1-19-15-17-22(18-16-19)26(20-9-4-2-5-10-20,21-11-6-3-7-12-21)24(28)14-8-13-23(27)25(29)30/h2-7,9-12,15-18,23-24H,8,13-14,27-28H2,1H3,(H,29,30)/t23-,24?/m0/s1. The van der Waals surface area contributed by atoms with E-state index in [1.54, 1.807) is 0 Å². The van der Waals surface area contributed by atoms with E-state index in [1.165, 1.54) is 5.56 Å². The van der Waals surface area contributed by atoms with E-state index in [-0.39, 0.29) is 6.04 Å². The first-order valence-corrected chi connectivity index (χ1v) is 10.4. The van der Waals surface area contributed by atoms with Crippen molar-refractivity contribution in [1.82, 2.24) is 0 Å². The number of nitrogens with two attached hydrogens (primary N) is 2. The van der Waals surface area contributed by atoms with Gasteiger partial charge in [-0.3, -0.25) is 4.79 Å². The molecule has 30 heavy (non-hydrogen) atoms. The fourth-order valence-corrected chi connectivity index (χ4v) is 4.26. The smallest absolute Gasteiger partial charge is 0.320 e. The van der Waals surface area contributed by atoms with Crippen molar-refractivity contribution in [2.24, 2.45) is 11.5 Å². The lowest BCUT2D eigenvalue weighted by Gasteiger charge is -2.41. The largest absolute Gasteiger partial charge is 0.480 e. The van der Waals surface area contributed by atoms with E-state index in [4.69, 9.17) is 16.6 Å². The fourth-order valence-electron chi connectivity index (χ4n) is 4.26. The van der Waals surface area contributed by atoms with Gasteiger partial charge in [0.05, 0.1) is 5.41 Å². The molecule has 3 aromatic carbocycles. The number of rotatable bonds is 9. The van der Waals surface area contributed by atoms with Gasteiger partial charge in [-0.1, -0.05) is 90.5 Å². The molecule has 0 fully saturated rings. The molecule has 0 radical (unpaired) electrons. The van der Waals surface area contributed by atoms with E-state index in [0.717, 1.165) is 16.7 Å². The lowest BCUT2D eigenvalue weighted by atomic mass is 9.64. The second-order valence-electron chi connectivity index (χ2n) is 7.89. The Morgan fingerprint density at radius 3 is 1.73 bits per heavy atom. The first-order chi connectivity index (χ1) is 14.5. The van der Waals surface area contributed by atoms with Gasteiger partial charge in [-0.05, 0) is 42.9 Å². The van der Waals surface area contributed by atoms with Gasteiger partial charge in [-0.25, -0.2) is 0 Å². The molecule has 0 bridgehead atoms. The maximum Gasteiger partial charge on any atom is 0.320 e. The van der Waals surface area contributed by atoms with Crippen LogP contribution in [-0.4, -0.2) is 23.2 Å². The van der Waals surface area contributed by atoms with Crippen LogP contribution in [0.25, 0.3) is 0 Å². The van der Waals surface area contributed by atoms with E-state index in [9.17, 15) is 4.79 Å². The van der Waals surface area contributed by atoms with Crippen molar-refractivity contribution in [3.05, 3.63) is 107 Å². The Bertz CT molecular complexity index is 900. The van der Waals surface area contributed by atoms with E-state index < -0.39 is 17.4 Å². The molecule has 1 unspecified atom stereocenters. The van der Waals surface area contributed by atoms with Crippen molar-refractivity contribution >= 4 is 5.97 Å². The van der Waals surface area contributed by atoms with Crippen LogP contribution in [-0.2, 0) is 10.2 Å². The van der Waals surface area contributed by atoms with Gasteiger partial charge in [0.25, 0.3) is 0 Å². The Hall–Kier alpha value is -2.95. The number of carboxylic acids is 1. The molecule has 156 valence electrons. The molecule has 4 heteroatoms. The summed E-state index contributed by atoms with van der Waals surface area (Å²) in [7, 11) is 0. The predicted molar refractivity (Wildman–Crippen MR) is 121 cm³/mol. The number of aryl methyl sites for hydroxylation is 1. The average Bonchev–Trinajstić information content (AvgIpc) is 2.77. The van der Waals surface area contributed by atoms with Crippen LogP contribution in [0.1, 0.15) is 41.5 Å². The Morgan fingerprint density at radius 1 is 0.800 bits per heavy atom. The average molecular weight is 403 g/mol. The van der Waals surface area contributed by atoms with Gasteiger partial charge < -0.3 is 16.6 Å². The van der Waals surface area contributed by atoms with E-state index >= 15 is 0 Å². The maximum absolute atomic E-state index is 11.1. The number of hydrogen-bond acceptors (Lipinski definition) is 3. The molecule has 0 amide bonds. The van der Waals surface area contributed by atoms with Crippen molar-refractivity contribution in [3.63, 3.8) is 0 Å². The highest BCUT2D eigenvalue weighted by Crippen LogP contribution is 2.43. The van der Waals surface area contributed by atoms with Crippen LogP contribution < -0.4 is 11.5 Å². The summed E-state index contributed by atoms with van der Waals surface area (Å²) in [5, 5.41) is 9.11. The van der Waals surface area contributed by atoms with Crippen molar-refractivity contribution in [2.75, 3.05) is 0 Å². The lowest BCUT2D eigenvalue weighted by Crippen LogP contribution is -2.47. The summed E-state index contributed by atoms with van der Waals surface area (Å²) in [6.07, 6.45) is 1.69.